The molecule has 0 bridgehead atoms. The minimum Gasteiger partial charge on any atom is -0.390 e. The molecule has 100 valence electrons. The lowest BCUT2D eigenvalue weighted by atomic mass is 9.74. The van der Waals surface area contributed by atoms with Gasteiger partial charge in [-0.15, -0.1) is 0 Å². The zero-order valence-corrected chi connectivity index (χ0v) is 11.5. The third kappa shape index (κ3) is 2.85. The minimum atomic E-state index is -0.229. The van der Waals surface area contributed by atoms with Crippen molar-refractivity contribution in [2.24, 2.45) is 11.8 Å². The third-order valence-corrected chi connectivity index (χ3v) is 4.84. The number of aliphatic hydroxyl groups excluding tert-OH is 1. The van der Waals surface area contributed by atoms with Crippen molar-refractivity contribution in [1.29, 1.82) is 0 Å². The molecule has 2 aliphatic rings. The molecule has 0 aromatic carbocycles. The van der Waals surface area contributed by atoms with Gasteiger partial charge >= 0.3 is 0 Å². The number of ether oxygens (including phenoxy) is 1. The van der Waals surface area contributed by atoms with Crippen LogP contribution in [-0.4, -0.2) is 23.4 Å². The van der Waals surface area contributed by atoms with Gasteiger partial charge in [-0.1, -0.05) is 32.6 Å². The van der Waals surface area contributed by atoms with Gasteiger partial charge in [-0.25, -0.2) is 0 Å². The molecule has 2 saturated carbocycles. The topological polar surface area (TPSA) is 29.5 Å². The van der Waals surface area contributed by atoms with E-state index in [-0.39, 0.29) is 11.7 Å². The van der Waals surface area contributed by atoms with E-state index in [4.69, 9.17) is 4.74 Å². The molecule has 2 fully saturated rings. The standard InChI is InChI=1S/C15H28O2/c1-3-17-15(9-4-5-10-15)14(16)13-8-6-7-12(2)11-13/h12-14,16H,3-11H2,1-2H3. The zero-order valence-electron chi connectivity index (χ0n) is 11.5. The second-order valence-electron chi connectivity index (χ2n) is 6.18. The molecule has 0 saturated heterocycles. The van der Waals surface area contributed by atoms with Crippen molar-refractivity contribution >= 4 is 0 Å². The summed E-state index contributed by atoms with van der Waals surface area (Å²) < 4.78 is 5.99. The van der Waals surface area contributed by atoms with Crippen LogP contribution in [0.4, 0.5) is 0 Å². The SMILES string of the molecule is CCOC1(C(O)C2CCCC(C)C2)CCCC1. The van der Waals surface area contributed by atoms with Crippen molar-refractivity contribution in [1.82, 2.24) is 0 Å². The van der Waals surface area contributed by atoms with Gasteiger partial charge in [-0.3, -0.25) is 0 Å². The van der Waals surface area contributed by atoms with E-state index in [1.165, 1.54) is 38.5 Å². The average molecular weight is 240 g/mol. The van der Waals surface area contributed by atoms with Gasteiger partial charge in [-0.2, -0.15) is 0 Å². The third-order valence-electron chi connectivity index (χ3n) is 4.84. The highest BCUT2D eigenvalue weighted by Crippen LogP contribution is 2.42. The highest BCUT2D eigenvalue weighted by atomic mass is 16.5. The van der Waals surface area contributed by atoms with Gasteiger partial charge in [0.15, 0.2) is 0 Å². The molecule has 3 atom stereocenters. The normalized spacial score (nSPS) is 34.8. The lowest BCUT2D eigenvalue weighted by molar-refractivity contribution is -0.141. The Kier molecular flexibility index (Phi) is 4.48. The van der Waals surface area contributed by atoms with Crippen molar-refractivity contribution in [3.05, 3.63) is 0 Å². The highest BCUT2D eigenvalue weighted by molar-refractivity contribution is 4.97. The predicted molar refractivity (Wildman–Crippen MR) is 70.0 cm³/mol. The van der Waals surface area contributed by atoms with Crippen molar-refractivity contribution in [3.63, 3.8) is 0 Å². The van der Waals surface area contributed by atoms with Crippen LogP contribution in [0.3, 0.4) is 0 Å². The first-order chi connectivity index (χ1) is 8.18. The van der Waals surface area contributed by atoms with E-state index >= 15 is 0 Å². The van der Waals surface area contributed by atoms with Crippen LogP contribution in [0.15, 0.2) is 0 Å². The summed E-state index contributed by atoms with van der Waals surface area (Å²) in [6.45, 7) is 5.11. The first-order valence-electron chi connectivity index (χ1n) is 7.50. The van der Waals surface area contributed by atoms with Crippen LogP contribution in [0.5, 0.6) is 0 Å². The second-order valence-corrected chi connectivity index (χ2v) is 6.18. The molecule has 0 aromatic rings. The Hall–Kier alpha value is -0.0800. The summed E-state index contributed by atoms with van der Waals surface area (Å²) in [4.78, 5) is 0. The van der Waals surface area contributed by atoms with E-state index in [9.17, 15) is 5.11 Å². The van der Waals surface area contributed by atoms with E-state index in [1.54, 1.807) is 0 Å². The largest absolute Gasteiger partial charge is 0.390 e. The van der Waals surface area contributed by atoms with Crippen molar-refractivity contribution < 1.29 is 9.84 Å². The van der Waals surface area contributed by atoms with Crippen molar-refractivity contribution in [2.75, 3.05) is 6.61 Å². The Morgan fingerprint density at radius 1 is 1.24 bits per heavy atom. The molecule has 2 heteroatoms. The monoisotopic (exact) mass is 240 g/mol. The summed E-state index contributed by atoms with van der Waals surface area (Å²) in [7, 11) is 0. The van der Waals surface area contributed by atoms with Crippen molar-refractivity contribution in [2.45, 2.75) is 76.9 Å². The molecular formula is C15H28O2. The molecule has 0 radical (unpaired) electrons. The Morgan fingerprint density at radius 3 is 2.53 bits per heavy atom. The van der Waals surface area contributed by atoms with E-state index in [0.29, 0.717) is 5.92 Å². The molecule has 0 aromatic heterocycles. The molecular weight excluding hydrogens is 212 g/mol. The van der Waals surface area contributed by atoms with Gasteiger partial charge in [0.25, 0.3) is 0 Å². The number of hydrogen-bond acceptors (Lipinski definition) is 2. The Bertz CT molecular complexity index is 233. The van der Waals surface area contributed by atoms with Crippen LogP contribution in [0.1, 0.15) is 65.2 Å². The maximum Gasteiger partial charge on any atom is 0.0942 e. The van der Waals surface area contributed by atoms with Gasteiger partial charge in [0, 0.05) is 6.61 Å². The predicted octanol–water partition coefficient (Wildman–Crippen LogP) is 3.52. The summed E-state index contributed by atoms with van der Waals surface area (Å²) in [5.74, 6) is 1.26. The first kappa shape index (κ1) is 13.4. The summed E-state index contributed by atoms with van der Waals surface area (Å²) >= 11 is 0. The first-order valence-corrected chi connectivity index (χ1v) is 7.50. The van der Waals surface area contributed by atoms with E-state index in [2.05, 4.69) is 13.8 Å². The molecule has 2 nitrogen and oxygen atoms in total. The molecule has 2 rings (SSSR count). The Balaban J connectivity index is 2.02. The molecule has 1 N–H and O–H groups in total. The van der Waals surface area contributed by atoms with Crippen LogP contribution in [0, 0.1) is 11.8 Å². The summed E-state index contributed by atoms with van der Waals surface area (Å²) in [6, 6.07) is 0. The molecule has 17 heavy (non-hydrogen) atoms. The van der Waals surface area contributed by atoms with E-state index in [1.807, 2.05) is 0 Å². The van der Waals surface area contributed by atoms with Gasteiger partial charge in [0.1, 0.15) is 0 Å². The van der Waals surface area contributed by atoms with Crippen LogP contribution in [0.25, 0.3) is 0 Å². The van der Waals surface area contributed by atoms with Gasteiger partial charge in [0.05, 0.1) is 11.7 Å². The second kappa shape index (κ2) is 5.71. The smallest absolute Gasteiger partial charge is 0.0942 e. The maximum atomic E-state index is 10.7. The van der Waals surface area contributed by atoms with Crippen LogP contribution in [-0.2, 0) is 4.74 Å². The summed E-state index contributed by atoms with van der Waals surface area (Å²) in [6.07, 6.45) is 9.35. The van der Waals surface area contributed by atoms with Gasteiger partial charge in [0.2, 0.25) is 0 Å². The fourth-order valence-electron chi connectivity index (χ4n) is 3.98. The van der Waals surface area contributed by atoms with Crippen LogP contribution < -0.4 is 0 Å². The fourth-order valence-corrected chi connectivity index (χ4v) is 3.98. The van der Waals surface area contributed by atoms with E-state index in [0.717, 1.165) is 25.4 Å². The highest BCUT2D eigenvalue weighted by Gasteiger charge is 2.45. The lowest BCUT2D eigenvalue weighted by Gasteiger charge is -2.41. The molecule has 2 aliphatic carbocycles. The van der Waals surface area contributed by atoms with Crippen LogP contribution >= 0.6 is 0 Å². The Morgan fingerprint density at radius 2 is 1.94 bits per heavy atom. The number of hydrogen-bond donors (Lipinski definition) is 1. The van der Waals surface area contributed by atoms with Crippen molar-refractivity contribution in [3.8, 4) is 0 Å². The minimum absolute atomic E-state index is 0.198. The van der Waals surface area contributed by atoms with Gasteiger partial charge in [-0.05, 0) is 44.4 Å². The lowest BCUT2D eigenvalue weighted by Crippen LogP contribution is -2.47. The quantitative estimate of drug-likeness (QED) is 0.814. The molecule has 0 aliphatic heterocycles. The molecule has 0 spiro atoms. The number of aliphatic hydroxyl groups is 1. The average Bonchev–Trinajstić information content (AvgIpc) is 2.78. The fraction of sp³-hybridized carbons (Fsp3) is 1.00. The van der Waals surface area contributed by atoms with E-state index < -0.39 is 0 Å². The molecule has 0 amide bonds. The number of rotatable bonds is 4. The molecule has 3 unspecified atom stereocenters. The summed E-state index contributed by atoms with van der Waals surface area (Å²) in [5, 5.41) is 10.7. The summed E-state index contributed by atoms with van der Waals surface area (Å²) in [5.41, 5.74) is -0.198. The zero-order chi connectivity index (χ0) is 12.3. The van der Waals surface area contributed by atoms with Crippen LogP contribution in [0.2, 0.25) is 0 Å². The Labute approximate surface area is 106 Å². The molecule has 0 heterocycles. The maximum absolute atomic E-state index is 10.7. The van der Waals surface area contributed by atoms with Gasteiger partial charge < -0.3 is 9.84 Å².